The van der Waals surface area contributed by atoms with Crippen molar-refractivity contribution in [1.82, 2.24) is 10.3 Å². The number of hydrogen-bond donors (Lipinski definition) is 2. The lowest BCUT2D eigenvalue weighted by atomic mass is 10.0. The lowest BCUT2D eigenvalue weighted by Crippen LogP contribution is -2.38. The van der Waals surface area contributed by atoms with Crippen molar-refractivity contribution in [2.24, 2.45) is 11.7 Å². The third kappa shape index (κ3) is 5.63. The van der Waals surface area contributed by atoms with Gasteiger partial charge in [-0.25, -0.2) is 4.98 Å². The molecule has 1 aromatic rings. The predicted molar refractivity (Wildman–Crippen MR) is 94.8 cm³/mol. The summed E-state index contributed by atoms with van der Waals surface area (Å²) in [6, 6.07) is 3.87. The van der Waals surface area contributed by atoms with Gasteiger partial charge in [-0.1, -0.05) is 6.92 Å². The zero-order chi connectivity index (χ0) is 14.5. The van der Waals surface area contributed by atoms with E-state index in [1.165, 1.54) is 12.8 Å². The van der Waals surface area contributed by atoms with E-state index in [2.05, 4.69) is 21.3 Å². The number of pyridine rings is 1. The highest BCUT2D eigenvalue weighted by Crippen LogP contribution is 2.18. The molecule has 1 saturated heterocycles. The van der Waals surface area contributed by atoms with E-state index in [9.17, 15) is 4.79 Å². The lowest BCUT2D eigenvalue weighted by Gasteiger charge is -2.18. The summed E-state index contributed by atoms with van der Waals surface area (Å²) in [5.74, 6) is 0.837. The highest BCUT2D eigenvalue weighted by atomic mass is 35.5. The monoisotopic (exact) mass is 348 g/mol. The highest BCUT2D eigenvalue weighted by molar-refractivity contribution is 5.85. The maximum atomic E-state index is 11.9. The summed E-state index contributed by atoms with van der Waals surface area (Å²) in [4.78, 5) is 18.6. The molecule has 2 heterocycles. The van der Waals surface area contributed by atoms with Crippen LogP contribution in [0.25, 0.3) is 0 Å². The molecular formula is C15H26Cl2N4O. The minimum Gasteiger partial charge on any atom is -0.357 e. The molecule has 1 aromatic heterocycles. The number of carbonyl (C=O) groups is 1. The van der Waals surface area contributed by atoms with Crippen molar-refractivity contribution in [1.29, 1.82) is 0 Å². The van der Waals surface area contributed by atoms with Crippen LogP contribution in [0, 0.1) is 5.92 Å². The molecule has 0 aromatic carbocycles. The van der Waals surface area contributed by atoms with E-state index in [0.29, 0.717) is 6.54 Å². The molecule has 0 radical (unpaired) electrons. The summed E-state index contributed by atoms with van der Waals surface area (Å²) < 4.78 is 0. The Labute approximate surface area is 144 Å². The maximum absolute atomic E-state index is 11.9. The van der Waals surface area contributed by atoms with Crippen molar-refractivity contribution < 1.29 is 4.79 Å². The lowest BCUT2D eigenvalue weighted by molar-refractivity contribution is -0.125. The molecule has 1 aliphatic heterocycles. The van der Waals surface area contributed by atoms with Crippen LogP contribution in [0.15, 0.2) is 18.3 Å². The molecule has 2 unspecified atom stereocenters. The van der Waals surface area contributed by atoms with Crippen LogP contribution in [0.2, 0.25) is 0 Å². The summed E-state index contributed by atoms with van der Waals surface area (Å²) in [6.07, 6.45) is 4.27. The topological polar surface area (TPSA) is 71.2 Å². The van der Waals surface area contributed by atoms with Gasteiger partial charge in [-0.3, -0.25) is 4.79 Å². The average Bonchev–Trinajstić information content (AvgIpc) is 2.98. The second-order valence-corrected chi connectivity index (χ2v) is 5.58. The van der Waals surface area contributed by atoms with Crippen LogP contribution in [0.5, 0.6) is 0 Å². The van der Waals surface area contributed by atoms with Crippen LogP contribution in [0.1, 0.15) is 32.3 Å². The van der Waals surface area contributed by atoms with Crippen LogP contribution in [0.3, 0.4) is 0 Å². The smallest absolute Gasteiger partial charge is 0.224 e. The molecule has 1 amide bonds. The molecule has 0 saturated carbocycles. The van der Waals surface area contributed by atoms with Crippen LogP contribution in [0.4, 0.5) is 5.82 Å². The van der Waals surface area contributed by atoms with Gasteiger partial charge in [0.15, 0.2) is 0 Å². The molecule has 3 N–H and O–H groups in total. The van der Waals surface area contributed by atoms with E-state index < -0.39 is 0 Å². The third-order valence-electron chi connectivity index (χ3n) is 3.91. The van der Waals surface area contributed by atoms with Crippen molar-refractivity contribution in [3.8, 4) is 0 Å². The molecule has 0 spiro atoms. The van der Waals surface area contributed by atoms with Crippen molar-refractivity contribution in [3.05, 3.63) is 23.9 Å². The molecule has 126 valence electrons. The fourth-order valence-electron chi connectivity index (χ4n) is 2.28. The first-order valence-electron chi connectivity index (χ1n) is 7.31. The van der Waals surface area contributed by atoms with Gasteiger partial charge in [-0.05, 0) is 37.5 Å². The number of nitrogens with zero attached hydrogens (tertiary/aromatic N) is 2. The Morgan fingerprint density at radius 1 is 1.36 bits per heavy atom. The molecule has 1 fully saturated rings. The minimum absolute atomic E-state index is 0. The van der Waals surface area contributed by atoms with Gasteiger partial charge in [-0.15, -0.1) is 24.8 Å². The minimum atomic E-state index is -0.171. The Bertz CT molecular complexity index is 465. The second-order valence-electron chi connectivity index (χ2n) is 5.58. The Balaban J connectivity index is 0.00000220. The highest BCUT2D eigenvalue weighted by Gasteiger charge is 2.17. The van der Waals surface area contributed by atoms with E-state index >= 15 is 0 Å². The van der Waals surface area contributed by atoms with Crippen LogP contribution < -0.4 is 16.0 Å². The first kappa shape index (κ1) is 21.0. The van der Waals surface area contributed by atoms with E-state index in [1.54, 1.807) is 0 Å². The van der Waals surface area contributed by atoms with Gasteiger partial charge >= 0.3 is 0 Å². The van der Waals surface area contributed by atoms with Crippen molar-refractivity contribution in [3.63, 3.8) is 0 Å². The summed E-state index contributed by atoms with van der Waals surface area (Å²) >= 11 is 0. The number of anilines is 1. The van der Waals surface area contributed by atoms with E-state index in [4.69, 9.17) is 5.73 Å². The Morgan fingerprint density at radius 2 is 2.00 bits per heavy atom. The standard InChI is InChI=1S/C15H24N4O.2ClH/c1-11(12(2)16)15(20)18-10-13-5-6-17-14(9-13)19-7-3-4-8-19;;/h5-6,9,11-12H,3-4,7-8,10,16H2,1-2H3,(H,18,20);2*1H. The van der Waals surface area contributed by atoms with E-state index in [0.717, 1.165) is 24.5 Å². The number of halogens is 2. The van der Waals surface area contributed by atoms with Crippen molar-refractivity contribution in [2.45, 2.75) is 39.3 Å². The Hall–Kier alpha value is -1.04. The van der Waals surface area contributed by atoms with E-state index in [-0.39, 0.29) is 42.7 Å². The number of nitrogens with two attached hydrogens (primary N) is 1. The number of aromatic nitrogens is 1. The SMILES string of the molecule is CC(N)C(C)C(=O)NCc1ccnc(N2CCCC2)c1.Cl.Cl. The first-order valence-corrected chi connectivity index (χ1v) is 7.31. The number of hydrogen-bond acceptors (Lipinski definition) is 4. The maximum Gasteiger partial charge on any atom is 0.224 e. The fourth-order valence-corrected chi connectivity index (χ4v) is 2.28. The number of rotatable bonds is 5. The van der Waals surface area contributed by atoms with Gasteiger partial charge in [0.25, 0.3) is 0 Å². The van der Waals surface area contributed by atoms with Gasteiger partial charge < -0.3 is 16.0 Å². The van der Waals surface area contributed by atoms with Gasteiger partial charge in [0.1, 0.15) is 5.82 Å². The molecular weight excluding hydrogens is 323 g/mol. The first-order chi connectivity index (χ1) is 9.58. The van der Waals surface area contributed by atoms with Gasteiger partial charge in [0, 0.05) is 37.8 Å². The zero-order valence-electron chi connectivity index (χ0n) is 13.1. The van der Waals surface area contributed by atoms with Crippen molar-refractivity contribution in [2.75, 3.05) is 18.0 Å². The molecule has 0 bridgehead atoms. The Kier molecular flexibility index (Phi) is 9.41. The summed E-state index contributed by atoms with van der Waals surface area (Å²) in [7, 11) is 0. The van der Waals surface area contributed by atoms with Gasteiger partial charge in [0.2, 0.25) is 5.91 Å². The fraction of sp³-hybridized carbons (Fsp3) is 0.600. The van der Waals surface area contributed by atoms with Gasteiger partial charge in [-0.2, -0.15) is 0 Å². The van der Waals surface area contributed by atoms with Crippen LogP contribution in [-0.2, 0) is 11.3 Å². The number of nitrogens with one attached hydrogen (secondary N) is 1. The third-order valence-corrected chi connectivity index (χ3v) is 3.91. The summed E-state index contributed by atoms with van der Waals surface area (Å²) in [5.41, 5.74) is 6.81. The van der Waals surface area contributed by atoms with Crippen molar-refractivity contribution >= 4 is 36.5 Å². The van der Waals surface area contributed by atoms with E-state index in [1.807, 2.05) is 26.1 Å². The Morgan fingerprint density at radius 3 is 2.59 bits per heavy atom. The van der Waals surface area contributed by atoms with Crippen LogP contribution >= 0.6 is 24.8 Å². The molecule has 5 nitrogen and oxygen atoms in total. The summed E-state index contributed by atoms with van der Waals surface area (Å²) in [6.45, 7) is 6.37. The molecule has 22 heavy (non-hydrogen) atoms. The normalized spacial score (nSPS) is 16.2. The predicted octanol–water partition coefficient (Wildman–Crippen LogP) is 2.12. The molecule has 0 aliphatic carbocycles. The summed E-state index contributed by atoms with van der Waals surface area (Å²) in [5, 5.41) is 2.93. The van der Waals surface area contributed by atoms with Crippen LogP contribution in [-0.4, -0.2) is 30.0 Å². The molecule has 2 rings (SSSR count). The zero-order valence-corrected chi connectivity index (χ0v) is 14.8. The number of amides is 1. The number of carbonyl (C=O) groups excluding carboxylic acids is 1. The average molecular weight is 349 g/mol. The molecule has 1 aliphatic rings. The quantitative estimate of drug-likeness (QED) is 0.854. The molecule has 7 heteroatoms. The molecule has 2 atom stereocenters. The largest absolute Gasteiger partial charge is 0.357 e. The second kappa shape index (κ2) is 9.87. The van der Waals surface area contributed by atoms with Gasteiger partial charge in [0.05, 0.1) is 0 Å².